The lowest BCUT2D eigenvalue weighted by molar-refractivity contribution is -0.131. The van der Waals surface area contributed by atoms with Gasteiger partial charge in [-0.05, 0) is 34.4 Å². The lowest BCUT2D eigenvalue weighted by Crippen LogP contribution is -2.40. The van der Waals surface area contributed by atoms with Crippen molar-refractivity contribution in [3.8, 4) is 0 Å². The topological polar surface area (TPSA) is 49.3 Å². The summed E-state index contributed by atoms with van der Waals surface area (Å²) >= 11 is 1.66. The first-order valence-corrected chi connectivity index (χ1v) is 8.91. The molecule has 1 aliphatic heterocycles. The SMILES string of the molecule is CCc1ncc2c(n1)CN(CC(=O)N(C)Cc1ccsc1)CC2. The van der Waals surface area contributed by atoms with Gasteiger partial charge in [-0.15, -0.1) is 0 Å². The Labute approximate surface area is 141 Å². The number of carbonyl (C=O) groups is 1. The highest BCUT2D eigenvalue weighted by molar-refractivity contribution is 7.07. The molecule has 0 atom stereocenters. The summed E-state index contributed by atoms with van der Waals surface area (Å²) in [5.41, 5.74) is 3.49. The maximum absolute atomic E-state index is 12.4. The molecule has 5 nitrogen and oxygen atoms in total. The maximum Gasteiger partial charge on any atom is 0.236 e. The molecule has 2 aromatic heterocycles. The normalized spacial score (nSPS) is 14.5. The van der Waals surface area contributed by atoms with E-state index in [1.54, 1.807) is 16.2 Å². The second-order valence-corrected chi connectivity index (χ2v) is 6.73. The molecule has 0 N–H and O–H groups in total. The fraction of sp³-hybridized carbons (Fsp3) is 0.471. The van der Waals surface area contributed by atoms with Crippen LogP contribution in [0.25, 0.3) is 0 Å². The van der Waals surface area contributed by atoms with Crippen LogP contribution < -0.4 is 0 Å². The van der Waals surface area contributed by atoms with Crippen molar-refractivity contribution < 1.29 is 4.79 Å². The molecule has 0 saturated carbocycles. The second kappa shape index (κ2) is 7.19. The molecule has 0 spiro atoms. The highest BCUT2D eigenvalue weighted by Crippen LogP contribution is 2.17. The minimum atomic E-state index is 0.157. The van der Waals surface area contributed by atoms with Crippen LogP contribution in [0, 0.1) is 0 Å². The molecule has 0 radical (unpaired) electrons. The summed E-state index contributed by atoms with van der Waals surface area (Å²) in [5, 5.41) is 4.13. The van der Waals surface area contributed by atoms with E-state index in [-0.39, 0.29) is 5.91 Å². The molecule has 3 heterocycles. The van der Waals surface area contributed by atoms with Crippen molar-refractivity contribution in [2.24, 2.45) is 0 Å². The van der Waals surface area contributed by atoms with Crippen molar-refractivity contribution in [1.29, 1.82) is 0 Å². The van der Waals surface area contributed by atoms with Crippen LogP contribution in [0.3, 0.4) is 0 Å². The summed E-state index contributed by atoms with van der Waals surface area (Å²) in [6.07, 6.45) is 3.71. The molecule has 122 valence electrons. The Morgan fingerprint density at radius 2 is 2.35 bits per heavy atom. The van der Waals surface area contributed by atoms with Crippen molar-refractivity contribution in [1.82, 2.24) is 19.8 Å². The lowest BCUT2D eigenvalue weighted by Gasteiger charge is -2.29. The Morgan fingerprint density at radius 1 is 1.48 bits per heavy atom. The van der Waals surface area contributed by atoms with Gasteiger partial charge in [-0.3, -0.25) is 9.69 Å². The van der Waals surface area contributed by atoms with Gasteiger partial charge in [0.2, 0.25) is 5.91 Å². The molecule has 3 rings (SSSR count). The standard InChI is InChI=1S/C17H22N4OS/c1-3-16-18-8-14-4-6-21(10-15(14)19-16)11-17(22)20(2)9-13-5-7-23-12-13/h5,7-8,12H,3-4,6,9-11H2,1-2H3. The van der Waals surface area contributed by atoms with E-state index in [9.17, 15) is 4.79 Å². The minimum Gasteiger partial charge on any atom is -0.340 e. The molecular formula is C17H22N4OS. The van der Waals surface area contributed by atoms with Crippen LogP contribution in [-0.2, 0) is 30.7 Å². The first-order chi connectivity index (χ1) is 11.2. The number of aryl methyl sites for hydroxylation is 1. The second-order valence-electron chi connectivity index (χ2n) is 5.95. The molecule has 23 heavy (non-hydrogen) atoms. The van der Waals surface area contributed by atoms with Crippen LogP contribution in [-0.4, -0.2) is 45.8 Å². The fourth-order valence-electron chi connectivity index (χ4n) is 2.76. The monoisotopic (exact) mass is 330 g/mol. The van der Waals surface area contributed by atoms with Gasteiger partial charge in [0, 0.05) is 39.3 Å². The molecule has 0 saturated heterocycles. The van der Waals surface area contributed by atoms with Crippen molar-refractivity contribution >= 4 is 17.2 Å². The predicted octanol–water partition coefficient (Wildman–Crippen LogP) is 2.12. The van der Waals surface area contributed by atoms with Crippen molar-refractivity contribution in [2.75, 3.05) is 20.1 Å². The molecule has 0 fully saturated rings. The average molecular weight is 330 g/mol. The number of aromatic nitrogens is 2. The average Bonchev–Trinajstić information content (AvgIpc) is 3.07. The van der Waals surface area contributed by atoms with Gasteiger partial charge in [0.1, 0.15) is 5.82 Å². The zero-order chi connectivity index (χ0) is 16.2. The van der Waals surface area contributed by atoms with E-state index < -0.39 is 0 Å². The van der Waals surface area contributed by atoms with Crippen molar-refractivity contribution in [3.63, 3.8) is 0 Å². The first kappa shape index (κ1) is 16.1. The van der Waals surface area contributed by atoms with Gasteiger partial charge in [-0.1, -0.05) is 6.92 Å². The molecule has 6 heteroatoms. The van der Waals surface area contributed by atoms with E-state index in [0.29, 0.717) is 13.1 Å². The van der Waals surface area contributed by atoms with E-state index in [1.165, 1.54) is 11.1 Å². The Bertz CT molecular complexity index is 671. The highest BCUT2D eigenvalue weighted by Gasteiger charge is 2.21. The third-order valence-corrected chi connectivity index (χ3v) is 4.91. The summed E-state index contributed by atoms with van der Waals surface area (Å²) < 4.78 is 0. The smallest absolute Gasteiger partial charge is 0.236 e. The van der Waals surface area contributed by atoms with E-state index in [2.05, 4.69) is 33.2 Å². The summed E-state index contributed by atoms with van der Waals surface area (Å²) in [6.45, 7) is 4.81. The van der Waals surface area contributed by atoms with Crippen LogP contribution in [0.1, 0.15) is 29.6 Å². The molecular weight excluding hydrogens is 308 g/mol. The number of carbonyl (C=O) groups excluding carboxylic acids is 1. The predicted molar refractivity (Wildman–Crippen MR) is 91.2 cm³/mol. The lowest BCUT2D eigenvalue weighted by atomic mass is 10.1. The Hall–Kier alpha value is -1.79. The summed E-state index contributed by atoms with van der Waals surface area (Å²) in [5.74, 6) is 1.04. The molecule has 0 bridgehead atoms. The van der Waals surface area contributed by atoms with Crippen LogP contribution in [0.2, 0.25) is 0 Å². The summed E-state index contributed by atoms with van der Waals surface area (Å²) in [4.78, 5) is 25.4. The third-order valence-electron chi connectivity index (χ3n) is 4.18. The van der Waals surface area contributed by atoms with E-state index in [4.69, 9.17) is 0 Å². The molecule has 1 amide bonds. The Kier molecular flexibility index (Phi) is 5.03. The molecule has 0 aliphatic carbocycles. The van der Waals surface area contributed by atoms with Gasteiger partial charge in [0.05, 0.1) is 12.2 Å². The quantitative estimate of drug-likeness (QED) is 0.842. The number of thiophene rings is 1. The first-order valence-electron chi connectivity index (χ1n) is 7.96. The van der Waals surface area contributed by atoms with Gasteiger partial charge in [0.15, 0.2) is 0 Å². The fourth-order valence-corrected chi connectivity index (χ4v) is 3.42. The van der Waals surface area contributed by atoms with Crippen LogP contribution in [0.5, 0.6) is 0 Å². The Balaban J connectivity index is 1.59. The zero-order valence-corrected chi connectivity index (χ0v) is 14.5. The molecule has 0 unspecified atom stereocenters. The molecule has 1 aliphatic rings. The van der Waals surface area contributed by atoms with Crippen molar-refractivity contribution in [3.05, 3.63) is 45.7 Å². The van der Waals surface area contributed by atoms with Crippen LogP contribution >= 0.6 is 11.3 Å². The number of likely N-dealkylation sites (N-methyl/N-ethyl adjacent to an activating group) is 1. The third kappa shape index (κ3) is 3.95. The van der Waals surface area contributed by atoms with E-state index in [0.717, 1.165) is 37.4 Å². The number of nitrogens with zero attached hydrogens (tertiary/aromatic N) is 4. The number of amides is 1. The van der Waals surface area contributed by atoms with Gasteiger partial charge >= 0.3 is 0 Å². The molecule has 2 aromatic rings. The number of hydrogen-bond donors (Lipinski definition) is 0. The Morgan fingerprint density at radius 3 is 3.09 bits per heavy atom. The number of fused-ring (bicyclic) bond motifs is 1. The number of hydrogen-bond acceptors (Lipinski definition) is 5. The van der Waals surface area contributed by atoms with Crippen LogP contribution in [0.15, 0.2) is 23.0 Å². The van der Waals surface area contributed by atoms with E-state index >= 15 is 0 Å². The largest absolute Gasteiger partial charge is 0.340 e. The van der Waals surface area contributed by atoms with Gasteiger partial charge in [-0.2, -0.15) is 11.3 Å². The van der Waals surface area contributed by atoms with Crippen molar-refractivity contribution in [2.45, 2.75) is 32.9 Å². The zero-order valence-electron chi connectivity index (χ0n) is 13.7. The maximum atomic E-state index is 12.4. The summed E-state index contributed by atoms with van der Waals surface area (Å²) in [6, 6.07) is 2.06. The van der Waals surface area contributed by atoms with E-state index in [1.807, 2.05) is 18.6 Å². The summed E-state index contributed by atoms with van der Waals surface area (Å²) in [7, 11) is 1.87. The van der Waals surface area contributed by atoms with Crippen LogP contribution in [0.4, 0.5) is 0 Å². The molecule has 0 aromatic carbocycles. The number of rotatable bonds is 5. The minimum absolute atomic E-state index is 0.157. The van der Waals surface area contributed by atoms with Gasteiger partial charge in [-0.25, -0.2) is 9.97 Å². The van der Waals surface area contributed by atoms with Gasteiger partial charge < -0.3 is 4.90 Å². The van der Waals surface area contributed by atoms with Gasteiger partial charge in [0.25, 0.3) is 0 Å². The highest BCUT2D eigenvalue weighted by atomic mass is 32.1.